The van der Waals surface area contributed by atoms with Gasteiger partial charge in [0.25, 0.3) is 0 Å². The minimum Gasteiger partial charge on any atom is -0.488 e. The van der Waals surface area contributed by atoms with Crippen LogP contribution in [0.15, 0.2) is 107 Å². The topological polar surface area (TPSA) is 125 Å². The van der Waals surface area contributed by atoms with Crippen LogP contribution in [0.3, 0.4) is 0 Å². The lowest BCUT2D eigenvalue weighted by molar-refractivity contribution is -0.000456. The summed E-state index contributed by atoms with van der Waals surface area (Å²) in [6.07, 6.45) is 9.19. The van der Waals surface area contributed by atoms with E-state index in [1.807, 2.05) is 30.3 Å². The zero-order valence-corrected chi connectivity index (χ0v) is 26.9. The zero-order chi connectivity index (χ0) is 32.0. The molecule has 5 aromatic rings. The summed E-state index contributed by atoms with van der Waals surface area (Å²) in [6.45, 7) is 0.514. The maximum absolute atomic E-state index is 13.5. The van der Waals surface area contributed by atoms with Gasteiger partial charge in [0.1, 0.15) is 30.3 Å². The molecular weight excluding hydrogens is 677 g/mol. The number of sulfone groups is 1. The molecule has 0 amide bonds. The maximum atomic E-state index is 13.5. The Hall–Kier alpha value is -4.46. The molecular formula is C33H29BrFN5O5S. The smallest absolute Gasteiger partial charge is 0.197 e. The Kier molecular flexibility index (Phi) is 9.52. The zero-order valence-electron chi connectivity index (χ0n) is 24.5. The van der Waals surface area contributed by atoms with Crippen molar-refractivity contribution in [3.63, 3.8) is 0 Å². The van der Waals surface area contributed by atoms with E-state index in [2.05, 4.69) is 41.2 Å². The number of benzene rings is 2. The molecule has 0 saturated carbocycles. The van der Waals surface area contributed by atoms with Crippen LogP contribution in [0.25, 0.3) is 10.9 Å². The van der Waals surface area contributed by atoms with Gasteiger partial charge in [0, 0.05) is 30.1 Å². The summed E-state index contributed by atoms with van der Waals surface area (Å²) in [6, 6.07) is 18.5. The molecule has 1 aliphatic rings. The number of anilines is 2. The van der Waals surface area contributed by atoms with Gasteiger partial charge in [-0.3, -0.25) is 4.98 Å². The molecule has 236 valence electrons. The second-order valence-corrected chi connectivity index (χ2v) is 13.4. The number of fused-ring (bicyclic) bond motifs is 1. The number of halogens is 2. The van der Waals surface area contributed by atoms with Gasteiger partial charge in [0.15, 0.2) is 20.5 Å². The van der Waals surface area contributed by atoms with E-state index in [1.165, 1.54) is 30.7 Å². The minimum atomic E-state index is -3.54. The normalized spacial score (nSPS) is 16.0. The predicted molar refractivity (Wildman–Crippen MR) is 174 cm³/mol. The molecule has 4 heterocycles. The molecule has 1 atom stereocenters. The quantitative estimate of drug-likeness (QED) is 0.133. The summed E-state index contributed by atoms with van der Waals surface area (Å²) < 4.78 is 57.0. The minimum absolute atomic E-state index is 0.0274. The fourth-order valence-electron chi connectivity index (χ4n) is 4.99. The van der Waals surface area contributed by atoms with Gasteiger partial charge in [-0.05, 0) is 76.1 Å². The van der Waals surface area contributed by atoms with Crippen molar-refractivity contribution in [2.45, 2.75) is 30.1 Å². The van der Waals surface area contributed by atoms with Gasteiger partial charge in [-0.15, -0.1) is 0 Å². The third-order valence-corrected chi connectivity index (χ3v) is 9.61. The summed E-state index contributed by atoms with van der Waals surface area (Å²) in [4.78, 5) is 17.5. The number of nitrogens with one attached hydrogen (secondary N) is 1. The van der Waals surface area contributed by atoms with Crippen LogP contribution in [-0.4, -0.2) is 47.3 Å². The first-order valence-corrected chi connectivity index (χ1v) is 16.9. The van der Waals surface area contributed by atoms with Crippen molar-refractivity contribution < 1.29 is 27.0 Å². The van der Waals surface area contributed by atoms with Crippen LogP contribution in [-0.2, 0) is 31.5 Å². The van der Waals surface area contributed by atoms with Crippen molar-refractivity contribution >= 4 is 48.2 Å². The number of pyridine rings is 2. The average molecular weight is 707 g/mol. The molecule has 0 radical (unpaired) electrons. The van der Waals surface area contributed by atoms with Crippen molar-refractivity contribution in [2.24, 2.45) is 0 Å². The van der Waals surface area contributed by atoms with Crippen molar-refractivity contribution in [3.8, 4) is 5.75 Å². The molecule has 3 aromatic heterocycles. The van der Waals surface area contributed by atoms with E-state index in [0.717, 1.165) is 16.6 Å². The van der Waals surface area contributed by atoms with Crippen LogP contribution < -0.4 is 10.1 Å². The second kappa shape index (κ2) is 13.9. The van der Waals surface area contributed by atoms with Gasteiger partial charge < -0.3 is 19.5 Å². The lowest BCUT2D eigenvalue weighted by atomic mass is 9.91. The van der Waals surface area contributed by atoms with Crippen LogP contribution in [0.1, 0.15) is 24.1 Å². The van der Waals surface area contributed by atoms with Gasteiger partial charge >= 0.3 is 0 Å². The molecule has 0 saturated heterocycles. The molecule has 6 rings (SSSR count). The molecule has 1 N–H and O–H groups in total. The first-order chi connectivity index (χ1) is 22.3. The summed E-state index contributed by atoms with van der Waals surface area (Å²) in [7, 11) is -3.54. The van der Waals surface area contributed by atoms with Crippen LogP contribution in [0, 0.1) is 5.82 Å². The molecule has 0 fully saturated rings. The highest BCUT2D eigenvalue weighted by Gasteiger charge is 2.37. The fourth-order valence-corrected chi connectivity index (χ4v) is 6.54. The monoisotopic (exact) mass is 705 g/mol. The molecule has 10 nitrogen and oxygen atoms in total. The Bertz CT molecular complexity index is 1970. The second-order valence-electron chi connectivity index (χ2n) is 10.5. The summed E-state index contributed by atoms with van der Waals surface area (Å²) in [5.41, 5.74) is 2.02. The van der Waals surface area contributed by atoms with Gasteiger partial charge in [0.05, 0.1) is 47.1 Å². The highest BCUT2D eigenvalue weighted by atomic mass is 79.9. The lowest BCUT2D eigenvalue weighted by Crippen LogP contribution is -2.28. The molecule has 2 aromatic carbocycles. The van der Waals surface area contributed by atoms with Crippen LogP contribution in [0.5, 0.6) is 5.75 Å². The van der Waals surface area contributed by atoms with E-state index < -0.39 is 15.4 Å². The first-order valence-electron chi connectivity index (χ1n) is 14.4. The number of aromatic nitrogens is 4. The molecule has 0 bridgehead atoms. The molecule has 1 aliphatic heterocycles. The summed E-state index contributed by atoms with van der Waals surface area (Å²) in [5, 5.41) is 4.13. The summed E-state index contributed by atoms with van der Waals surface area (Å²) >= 11 is 3.57. The highest BCUT2D eigenvalue weighted by molar-refractivity contribution is 9.10. The highest BCUT2D eigenvalue weighted by Crippen LogP contribution is 2.39. The number of rotatable bonds is 13. The standard InChI is InChI=1S/C33H29BrFN5O5S/c34-27-18-25(8-9-29(27)44-21-23-5-3-6-24(35)17-23)40-32-26-19-30(37-20-28(26)38-22-39-32)33(10-4-13-45-33)11-14-43-15-16-46(41,42)31-7-1-2-12-36-31/h1-9,12-13,17-20,22H,10-11,14-16,21H2,(H,38,39,40). The van der Waals surface area contributed by atoms with E-state index in [-0.39, 0.29) is 36.4 Å². The largest absolute Gasteiger partial charge is 0.488 e. The SMILES string of the molecule is O=S(=O)(CCOCCC1(c2cc3c(Nc4ccc(OCc5cccc(F)c5)c(Br)c4)ncnc3cn2)CC=CO1)c1ccccn1. The van der Waals surface area contributed by atoms with E-state index >= 15 is 0 Å². The van der Waals surface area contributed by atoms with Crippen molar-refractivity contribution in [1.29, 1.82) is 0 Å². The maximum Gasteiger partial charge on any atom is 0.197 e. The Morgan fingerprint density at radius 2 is 1.91 bits per heavy atom. The van der Waals surface area contributed by atoms with Gasteiger partial charge in [-0.2, -0.15) is 0 Å². The fraction of sp³-hybridized carbons (Fsp3) is 0.212. The molecule has 0 spiro atoms. The Labute approximate surface area is 273 Å². The van der Waals surface area contributed by atoms with E-state index in [9.17, 15) is 12.8 Å². The predicted octanol–water partition coefficient (Wildman–Crippen LogP) is 6.65. The Balaban J connectivity index is 1.13. The van der Waals surface area contributed by atoms with E-state index in [1.54, 1.807) is 36.7 Å². The first kappa shape index (κ1) is 31.5. The van der Waals surface area contributed by atoms with Crippen LogP contribution in [0.2, 0.25) is 0 Å². The average Bonchev–Trinajstić information content (AvgIpc) is 3.55. The van der Waals surface area contributed by atoms with Gasteiger partial charge in [-0.25, -0.2) is 27.8 Å². The molecule has 0 aliphatic carbocycles. The molecule has 1 unspecified atom stereocenters. The lowest BCUT2D eigenvalue weighted by Gasteiger charge is -2.28. The van der Waals surface area contributed by atoms with Crippen molar-refractivity contribution in [2.75, 3.05) is 24.3 Å². The number of ether oxygens (including phenoxy) is 3. The third kappa shape index (κ3) is 7.33. The number of hydrogen-bond acceptors (Lipinski definition) is 10. The van der Waals surface area contributed by atoms with Crippen LogP contribution in [0.4, 0.5) is 15.9 Å². The van der Waals surface area contributed by atoms with E-state index in [0.29, 0.717) is 40.1 Å². The van der Waals surface area contributed by atoms with Gasteiger partial charge in [-0.1, -0.05) is 18.2 Å². The van der Waals surface area contributed by atoms with Crippen LogP contribution >= 0.6 is 15.9 Å². The molecule has 46 heavy (non-hydrogen) atoms. The number of nitrogens with zero attached hydrogens (tertiary/aromatic N) is 4. The Morgan fingerprint density at radius 1 is 1.00 bits per heavy atom. The number of hydrogen-bond donors (Lipinski definition) is 1. The Morgan fingerprint density at radius 3 is 2.70 bits per heavy atom. The van der Waals surface area contributed by atoms with Crippen molar-refractivity contribution in [3.05, 3.63) is 119 Å². The van der Waals surface area contributed by atoms with Gasteiger partial charge in [0.2, 0.25) is 0 Å². The third-order valence-electron chi connectivity index (χ3n) is 7.41. The summed E-state index contributed by atoms with van der Waals surface area (Å²) in [5.74, 6) is 0.701. The van der Waals surface area contributed by atoms with E-state index in [4.69, 9.17) is 14.2 Å². The van der Waals surface area contributed by atoms with Crippen molar-refractivity contribution in [1.82, 2.24) is 19.9 Å². The molecule has 13 heteroatoms.